The number of fused-ring (bicyclic) bond motifs is 3. The molecule has 0 bridgehead atoms. The Balaban J connectivity index is 1.50. The molecule has 0 saturated carbocycles. The Morgan fingerprint density at radius 3 is 1.83 bits per heavy atom. The van der Waals surface area contributed by atoms with Gasteiger partial charge in [0.05, 0.1) is 21.3 Å². The van der Waals surface area contributed by atoms with Crippen molar-refractivity contribution in [3.05, 3.63) is 77.4 Å². The van der Waals surface area contributed by atoms with Gasteiger partial charge in [-0.2, -0.15) is 0 Å². The summed E-state index contributed by atoms with van der Waals surface area (Å²) in [4.78, 5) is 12.7. The number of benzene rings is 3. The molecule has 0 radical (unpaired) electrons. The molecule has 0 heterocycles. The number of aryl methyl sites for hydroxylation is 1. The maximum Gasteiger partial charge on any atom is 0.307 e. The Morgan fingerprint density at radius 2 is 1.33 bits per heavy atom. The average Bonchev–Trinajstić information content (AvgIpc) is 3.10. The van der Waals surface area contributed by atoms with Gasteiger partial charge in [0.2, 0.25) is 5.75 Å². The van der Waals surface area contributed by atoms with Gasteiger partial charge in [-0.3, -0.25) is 4.79 Å². The van der Waals surface area contributed by atoms with Crippen LogP contribution in [0.2, 0.25) is 0 Å². The molecule has 5 heteroatoms. The van der Waals surface area contributed by atoms with E-state index in [-0.39, 0.29) is 18.5 Å². The molecule has 4 rings (SSSR count). The second kappa shape index (κ2) is 8.49. The van der Waals surface area contributed by atoms with Crippen molar-refractivity contribution in [1.82, 2.24) is 0 Å². The van der Waals surface area contributed by atoms with E-state index in [1.54, 1.807) is 21.3 Å². The second-order valence-electron chi connectivity index (χ2n) is 7.08. The normalized spacial score (nSPS) is 12.1. The van der Waals surface area contributed by atoms with Gasteiger partial charge in [0.25, 0.3) is 0 Å². The fourth-order valence-corrected chi connectivity index (χ4v) is 3.95. The molecule has 154 valence electrons. The van der Waals surface area contributed by atoms with Crippen molar-refractivity contribution < 1.29 is 23.7 Å². The minimum atomic E-state index is -0.371. The van der Waals surface area contributed by atoms with Gasteiger partial charge in [0.1, 0.15) is 0 Å². The molecule has 1 aliphatic rings. The van der Waals surface area contributed by atoms with Crippen LogP contribution in [-0.2, 0) is 16.0 Å². The van der Waals surface area contributed by atoms with Crippen LogP contribution in [0.25, 0.3) is 11.1 Å². The predicted octanol–water partition coefficient (Wildman–Crippen LogP) is 4.96. The Labute approximate surface area is 176 Å². The maximum atomic E-state index is 12.7. The minimum Gasteiger partial charge on any atom is -0.493 e. The Hall–Kier alpha value is -3.47. The Bertz CT molecular complexity index is 1000. The van der Waals surface area contributed by atoms with Gasteiger partial charge in [0.15, 0.2) is 17.6 Å². The van der Waals surface area contributed by atoms with E-state index in [1.165, 1.54) is 0 Å². The number of rotatable bonds is 7. The van der Waals surface area contributed by atoms with E-state index in [4.69, 9.17) is 18.9 Å². The van der Waals surface area contributed by atoms with E-state index >= 15 is 0 Å². The van der Waals surface area contributed by atoms with Crippen molar-refractivity contribution in [3.8, 4) is 28.4 Å². The zero-order valence-electron chi connectivity index (χ0n) is 17.3. The lowest BCUT2D eigenvalue weighted by Crippen LogP contribution is -2.11. The van der Waals surface area contributed by atoms with Gasteiger partial charge in [-0.25, -0.2) is 0 Å². The highest BCUT2D eigenvalue weighted by Gasteiger charge is 2.30. The van der Waals surface area contributed by atoms with E-state index < -0.39 is 0 Å². The summed E-state index contributed by atoms with van der Waals surface area (Å²) in [6.45, 7) is 0. The molecule has 5 nitrogen and oxygen atoms in total. The van der Waals surface area contributed by atoms with Gasteiger partial charge < -0.3 is 18.9 Å². The van der Waals surface area contributed by atoms with Crippen LogP contribution in [-0.4, -0.2) is 27.3 Å². The quantitative estimate of drug-likeness (QED) is 0.521. The Kier molecular flexibility index (Phi) is 5.61. The number of hydrogen-bond donors (Lipinski definition) is 0. The zero-order valence-corrected chi connectivity index (χ0v) is 17.3. The molecule has 3 aromatic carbocycles. The van der Waals surface area contributed by atoms with Crippen molar-refractivity contribution in [2.75, 3.05) is 21.3 Å². The van der Waals surface area contributed by atoms with Crippen molar-refractivity contribution in [3.63, 3.8) is 0 Å². The van der Waals surface area contributed by atoms with Crippen molar-refractivity contribution >= 4 is 5.97 Å². The van der Waals surface area contributed by atoms with Gasteiger partial charge >= 0.3 is 5.97 Å². The van der Waals surface area contributed by atoms with Gasteiger partial charge in [-0.05, 0) is 35.2 Å². The fourth-order valence-electron chi connectivity index (χ4n) is 3.95. The number of ether oxygens (including phenoxy) is 4. The largest absolute Gasteiger partial charge is 0.493 e. The van der Waals surface area contributed by atoms with E-state index in [9.17, 15) is 4.79 Å². The first-order valence-electron chi connectivity index (χ1n) is 9.82. The highest BCUT2D eigenvalue weighted by Crippen LogP contribution is 2.45. The molecule has 3 aromatic rings. The lowest BCUT2D eigenvalue weighted by Gasteiger charge is -2.16. The molecule has 0 N–H and O–H groups in total. The number of carbonyl (C=O) groups excluding carboxylic acids is 1. The smallest absolute Gasteiger partial charge is 0.307 e. The van der Waals surface area contributed by atoms with Crippen molar-refractivity contribution in [2.45, 2.75) is 18.9 Å². The summed E-state index contributed by atoms with van der Waals surface area (Å²) in [5, 5.41) is 0. The topological polar surface area (TPSA) is 54.0 Å². The summed E-state index contributed by atoms with van der Waals surface area (Å²) in [5.41, 5.74) is 5.21. The number of carbonyl (C=O) groups is 1. The third-order valence-corrected chi connectivity index (χ3v) is 5.37. The molecule has 0 spiro atoms. The van der Waals surface area contributed by atoms with E-state index in [0.717, 1.165) is 27.8 Å². The van der Waals surface area contributed by atoms with Gasteiger partial charge in [-0.1, -0.05) is 48.5 Å². The summed E-state index contributed by atoms with van der Waals surface area (Å²) >= 11 is 0. The van der Waals surface area contributed by atoms with Crippen LogP contribution < -0.4 is 14.2 Å². The SMILES string of the molecule is COc1cc(CCC(=O)OC2c3ccccc3-c3ccccc32)cc(OC)c1OC. The highest BCUT2D eigenvalue weighted by atomic mass is 16.5. The molecular weight excluding hydrogens is 380 g/mol. The second-order valence-corrected chi connectivity index (χ2v) is 7.08. The van der Waals surface area contributed by atoms with Crippen LogP contribution in [0.1, 0.15) is 29.2 Å². The molecule has 0 atom stereocenters. The van der Waals surface area contributed by atoms with E-state index in [1.807, 2.05) is 48.5 Å². The maximum absolute atomic E-state index is 12.7. The minimum absolute atomic E-state index is 0.249. The summed E-state index contributed by atoms with van der Waals surface area (Å²) in [6, 6.07) is 19.8. The summed E-state index contributed by atoms with van der Waals surface area (Å²) < 4.78 is 22.1. The summed E-state index contributed by atoms with van der Waals surface area (Å²) in [6.07, 6.45) is 0.384. The first-order chi connectivity index (χ1) is 14.7. The molecule has 1 aliphatic carbocycles. The van der Waals surface area contributed by atoms with Crippen molar-refractivity contribution in [2.24, 2.45) is 0 Å². The molecule has 0 aromatic heterocycles. The number of hydrogen-bond acceptors (Lipinski definition) is 5. The van der Waals surface area contributed by atoms with Crippen LogP contribution in [0.15, 0.2) is 60.7 Å². The first-order valence-corrected chi connectivity index (χ1v) is 9.82. The fraction of sp³-hybridized carbons (Fsp3) is 0.240. The average molecular weight is 404 g/mol. The van der Waals surface area contributed by atoms with Crippen LogP contribution >= 0.6 is 0 Å². The van der Waals surface area contributed by atoms with Crippen LogP contribution in [0.4, 0.5) is 0 Å². The van der Waals surface area contributed by atoms with Gasteiger partial charge in [-0.15, -0.1) is 0 Å². The number of esters is 1. The molecular formula is C25H24O5. The van der Waals surface area contributed by atoms with Crippen LogP contribution in [0, 0.1) is 0 Å². The van der Waals surface area contributed by atoms with E-state index in [0.29, 0.717) is 23.7 Å². The molecule has 0 amide bonds. The third kappa shape index (κ3) is 3.59. The van der Waals surface area contributed by atoms with E-state index in [2.05, 4.69) is 12.1 Å². The Morgan fingerprint density at radius 1 is 0.800 bits per heavy atom. The van der Waals surface area contributed by atoms with Crippen LogP contribution in [0.5, 0.6) is 17.2 Å². The van der Waals surface area contributed by atoms with Crippen LogP contribution in [0.3, 0.4) is 0 Å². The monoisotopic (exact) mass is 404 g/mol. The van der Waals surface area contributed by atoms with Crippen molar-refractivity contribution in [1.29, 1.82) is 0 Å². The predicted molar refractivity (Wildman–Crippen MR) is 114 cm³/mol. The number of methoxy groups -OCH3 is 3. The molecule has 0 unspecified atom stereocenters. The molecule has 0 saturated heterocycles. The lowest BCUT2D eigenvalue weighted by atomic mass is 10.1. The lowest BCUT2D eigenvalue weighted by molar-refractivity contribution is -0.147. The highest BCUT2D eigenvalue weighted by molar-refractivity contribution is 5.80. The first kappa shape index (κ1) is 19.8. The van der Waals surface area contributed by atoms with Gasteiger partial charge in [0, 0.05) is 17.5 Å². The summed E-state index contributed by atoms with van der Waals surface area (Å²) in [5.74, 6) is 1.42. The molecule has 0 aliphatic heterocycles. The summed E-state index contributed by atoms with van der Waals surface area (Å²) in [7, 11) is 4.71. The molecule has 30 heavy (non-hydrogen) atoms. The third-order valence-electron chi connectivity index (χ3n) is 5.37. The standard InChI is InChI=1S/C25H24O5/c1-27-21-14-16(15-22(28-2)25(21)29-3)12-13-23(26)30-24-19-10-6-4-8-17(19)18-9-5-7-11-20(18)24/h4-11,14-15,24H,12-13H2,1-3H3. The zero-order chi connectivity index (χ0) is 21.1. The molecule has 0 fully saturated rings.